The fourth-order valence-corrected chi connectivity index (χ4v) is 12.1. The molecule has 2 saturated carbocycles. The average Bonchev–Trinajstić information content (AvgIpc) is 3.90. The maximum atomic E-state index is 13.1. The highest BCUT2D eigenvalue weighted by Crippen LogP contribution is 2.51. The molecule has 10 rings (SSSR count). The molecule has 8 atom stereocenters. The normalized spacial score (nSPS) is 23.0. The SMILES string of the molecule is COc1cccc2c1C[C@H]1C[C@@H](OC(=O)c3ccc(-c4ccccc4)cc3)[C@H](CCC=O)[C@H]1C2.COc1cccc2c1C[C@H]1C[C@@H](OC(=O)c3ccc(-c4ccccc4)cc3)[C@H](CCCO)[C@H]1C2. The van der Waals surface area contributed by atoms with Gasteiger partial charge in [0.1, 0.15) is 30.0 Å². The molecule has 2 fully saturated rings. The van der Waals surface area contributed by atoms with Gasteiger partial charge in [0.05, 0.1) is 25.3 Å². The monoisotopic (exact) mass is 910 g/mol. The quantitative estimate of drug-likeness (QED) is 0.0850. The molecule has 0 unspecified atom stereocenters. The zero-order valence-corrected chi connectivity index (χ0v) is 39.1. The molecule has 0 spiro atoms. The Kier molecular flexibility index (Phi) is 14.8. The van der Waals surface area contributed by atoms with Crippen LogP contribution in [-0.4, -0.2) is 56.4 Å². The Morgan fingerprint density at radius 1 is 0.529 bits per heavy atom. The van der Waals surface area contributed by atoms with Crippen molar-refractivity contribution in [1.82, 2.24) is 0 Å². The van der Waals surface area contributed by atoms with E-state index in [0.717, 1.165) is 97.8 Å². The van der Waals surface area contributed by atoms with E-state index < -0.39 is 0 Å². The van der Waals surface area contributed by atoms with Crippen LogP contribution in [0.3, 0.4) is 0 Å². The van der Waals surface area contributed by atoms with Gasteiger partial charge in [-0.15, -0.1) is 0 Å². The molecule has 6 aromatic rings. The fourth-order valence-electron chi connectivity index (χ4n) is 12.1. The summed E-state index contributed by atoms with van der Waals surface area (Å²) in [6.45, 7) is 0.167. The summed E-state index contributed by atoms with van der Waals surface area (Å²) in [4.78, 5) is 37.4. The number of aldehydes is 1. The predicted octanol–water partition coefficient (Wildman–Crippen LogP) is 11.6. The molecule has 0 amide bonds. The van der Waals surface area contributed by atoms with Gasteiger partial charge in [-0.25, -0.2) is 9.59 Å². The lowest BCUT2D eigenvalue weighted by molar-refractivity contribution is -0.108. The van der Waals surface area contributed by atoms with Crippen LogP contribution >= 0.6 is 0 Å². The van der Waals surface area contributed by atoms with Crippen molar-refractivity contribution in [2.75, 3.05) is 20.8 Å². The van der Waals surface area contributed by atoms with Crippen LogP contribution in [0.15, 0.2) is 146 Å². The van der Waals surface area contributed by atoms with Crippen LogP contribution in [0.4, 0.5) is 0 Å². The lowest BCUT2D eigenvalue weighted by Gasteiger charge is -2.32. The predicted molar refractivity (Wildman–Crippen MR) is 265 cm³/mol. The third-order valence-corrected chi connectivity index (χ3v) is 15.4. The van der Waals surface area contributed by atoms with Gasteiger partial charge in [-0.2, -0.15) is 0 Å². The molecule has 1 N–H and O–H groups in total. The van der Waals surface area contributed by atoms with Crippen molar-refractivity contribution in [3.8, 4) is 33.8 Å². The molecule has 0 radical (unpaired) electrons. The Bertz CT molecular complexity index is 2640. The number of methoxy groups -OCH3 is 2. The zero-order valence-electron chi connectivity index (χ0n) is 39.1. The summed E-state index contributed by atoms with van der Waals surface area (Å²) in [5, 5.41) is 9.49. The first-order valence-electron chi connectivity index (χ1n) is 24.4. The van der Waals surface area contributed by atoms with E-state index in [1.165, 1.54) is 22.3 Å². The van der Waals surface area contributed by atoms with Crippen molar-refractivity contribution in [3.05, 3.63) is 179 Å². The molecule has 6 aromatic carbocycles. The summed E-state index contributed by atoms with van der Waals surface area (Å²) >= 11 is 0. The Balaban J connectivity index is 0.000000170. The number of rotatable bonds is 14. The van der Waals surface area contributed by atoms with Gasteiger partial charge < -0.3 is 28.8 Å². The molecule has 8 heteroatoms. The average molecular weight is 911 g/mol. The molecule has 350 valence electrons. The third kappa shape index (κ3) is 10.2. The Morgan fingerprint density at radius 2 is 0.956 bits per heavy atom. The van der Waals surface area contributed by atoms with Crippen molar-refractivity contribution < 1.29 is 38.4 Å². The van der Waals surface area contributed by atoms with Gasteiger partial charge in [0.25, 0.3) is 0 Å². The van der Waals surface area contributed by atoms with Gasteiger partial charge >= 0.3 is 11.9 Å². The molecule has 0 heterocycles. The summed E-state index contributed by atoms with van der Waals surface area (Å²) < 4.78 is 23.5. The van der Waals surface area contributed by atoms with Crippen molar-refractivity contribution in [3.63, 3.8) is 0 Å². The smallest absolute Gasteiger partial charge is 0.338 e. The first kappa shape index (κ1) is 46.6. The Hall–Kier alpha value is -6.51. The number of hydrogen-bond donors (Lipinski definition) is 1. The van der Waals surface area contributed by atoms with Gasteiger partial charge in [0.2, 0.25) is 0 Å². The molecule has 4 aliphatic carbocycles. The number of ether oxygens (including phenoxy) is 4. The van der Waals surface area contributed by atoms with E-state index in [2.05, 4.69) is 42.5 Å². The van der Waals surface area contributed by atoms with Crippen molar-refractivity contribution >= 4 is 18.2 Å². The lowest BCUT2D eigenvalue weighted by Crippen LogP contribution is -2.29. The van der Waals surface area contributed by atoms with Crippen molar-refractivity contribution in [1.29, 1.82) is 0 Å². The first-order chi connectivity index (χ1) is 33.3. The highest BCUT2D eigenvalue weighted by molar-refractivity contribution is 5.91. The minimum Gasteiger partial charge on any atom is -0.496 e. The number of esters is 2. The molecular weight excluding hydrogens is 849 g/mol. The van der Waals surface area contributed by atoms with E-state index in [1.807, 2.05) is 103 Å². The van der Waals surface area contributed by atoms with E-state index in [9.17, 15) is 19.5 Å². The van der Waals surface area contributed by atoms with Crippen LogP contribution in [0.25, 0.3) is 22.3 Å². The summed E-state index contributed by atoms with van der Waals surface area (Å²) in [5.74, 6) is 3.60. The molecule has 4 aliphatic rings. The van der Waals surface area contributed by atoms with Gasteiger partial charge in [0, 0.05) is 13.0 Å². The number of carbonyl (C=O) groups is 3. The number of aliphatic hydroxyl groups is 1. The Labute approximate surface area is 400 Å². The minimum absolute atomic E-state index is 0.122. The first-order valence-corrected chi connectivity index (χ1v) is 24.4. The molecular formula is C60H62O8. The van der Waals surface area contributed by atoms with Crippen LogP contribution in [0.2, 0.25) is 0 Å². The van der Waals surface area contributed by atoms with E-state index >= 15 is 0 Å². The second-order valence-electron chi connectivity index (χ2n) is 19.0. The zero-order chi connectivity index (χ0) is 47.0. The standard InChI is InChI=1S/C30H32O4.C30H30O4/c2*1-33-28-11-5-9-23-17-26-24(18-27(23)28)19-29(25(26)10-6-16-31)34-30(32)22-14-12-21(13-15-22)20-7-3-2-4-8-20/h2-5,7-9,11-15,24-26,29,31H,6,10,16-19H2,1H3;2-5,7-9,11-16,24-26,29H,6,10,17-19H2,1H3/t2*24-,25+,26-,29+/m00/s1. The number of carbonyl (C=O) groups excluding carboxylic acids is 3. The maximum Gasteiger partial charge on any atom is 0.338 e. The largest absolute Gasteiger partial charge is 0.496 e. The summed E-state index contributed by atoms with van der Waals surface area (Å²) in [7, 11) is 3.45. The molecule has 0 saturated heterocycles. The maximum absolute atomic E-state index is 13.1. The second-order valence-corrected chi connectivity index (χ2v) is 19.0. The van der Waals surface area contributed by atoms with Crippen LogP contribution in [0, 0.1) is 35.5 Å². The van der Waals surface area contributed by atoms with Crippen molar-refractivity contribution in [2.45, 2.75) is 76.4 Å². The van der Waals surface area contributed by atoms with Gasteiger partial charge in [-0.05, 0) is 174 Å². The molecule has 68 heavy (non-hydrogen) atoms. The van der Waals surface area contributed by atoms with Gasteiger partial charge in [0.15, 0.2) is 0 Å². The third-order valence-electron chi connectivity index (χ3n) is 15.4. The van der Waals surface area contributed by atoms with E-state index in [1.54, 1.807) is 14.2 Å². The van der Waals surface area contributed by atoms with Crippen LogP contribution in [-0.2, 0) is 40.0 Å². The van der Waals surface area contributed by atoms with E-state index in [4.69, 9.17) is 18.9 Å². The summed E-state index contributed by atoms with van der Waals surface area (Å²) in [6, 6.07) is 48.1. The van der Waals surface area contributed by atoms with Gasteiger partial charge in [-0.1, -0.05) is 109 Å². The van der Waals surface area contributed by atoms with Gasteiger partial charge in [-0.3, -0.25) is 0 Å². The fraction of sp³-hybridized carbons (Fsp3) is 0.350. The van der Waals surface area contributed by atoms with Crippen LogP contribution in [0.5, 0.6) is 11.5 Å². The van der Waals surface area contributed by atoms with Crippen LogP contribution < -0.4 is 9.47 Å². The second kappa shape index (κ2) is 21.6. The molecule has 0 bridgehead atoms. The number of fused-ring (bicyclic) bond motifs is 4. The topological polar surface area (TPSA) is 108 Å². The highest BCUT2D eigenvalue weighted by Gasteiger charge is 2.48. The number of hydrogen-bond acceptors (Lipinski definition) is 8. The van der Waals surface area contributed by atoms with E-state index in [-0.39, 0.29) is 42.6 Å². The summed E-state index contributed by atoms with van der Waals surface area (Å²) in [6.07, 6.45) is 9.07. The highest BCUT2D eigenvalue weighted by atomic mass is 16.5. The molecule has 8 nitrogen and oxygen atoms in total. The minimum atomic E-state index is -0.283. The Morgan fingerprint density at radius 3 is 1.37 bits per heavy atom. The number of aliphatic hydroxyl groups excluding tert-OH is 1. The van der Waals surface area contributed by atoms with Crippen LogP contribution in [0.1, 0.15) is 81.5 Å². The summed E-state index contributed by atoms with van der Waals surface area (Å²) in [5.41, 5.74) is 10.8. The van der Waals surface area contributed by atoms with Crippen molar-refractivity contribution in [2.24, 2.45) is 35.5 Å². The lowest BCUT2D eigenvalue weighted by atomic mass is 9.73. The molecule has 0 aliphatic heterocycles. The number of benzene rings is 6. The van der Waals surface area contributed by atoms with E-state index in [0.29, 0.717) is 41.2 Å². The molecule has 0 aromatic heterocycles.